The molecule has 2 aliphatic heterocycles. The lowest BCUT2D eigenvalue weighted by atomic mass is 9.84. The van der Waals surface area contributed by atoms with E-state index in [4.69, 9.17) is 10.5 Å². The van der Waals surface area contributed by atoms with Crippen LogP contribution >= 0.6 is 0 Å². The van der Waals surface area contributed by atoms with Crippen molar-refractivity contribution >= 4 is 17.5 Å². The molecular weight excluding hydrogens is 396 g/mol. The molecule has 0 radical (unpaired) electrons. The van der Waals surface area contributed by atoms with Crippen LogP contribution in [0.25, 0.3) is 0 Å². The minimum Gasteiger partial charge on any atom is -0.462 e. The highest BCUT2D eigenvalue weighted by atomic mass is 16.6. The van der Waals surface area contributed by atoms with Gasteiger partial charge in [-0.1, -0.05) is 30.3 Å². The van der Waals surface area contributed by atoms with Crippen molar-refractivity contribution in [2.75, 3.05) is 12.3 Å². The van der Waals surface area contributed by atoms with E-state index in [9.17, 15) is 14.9 Å². The van der Waals surface area contributed by atoms with E-state index in [1.165, 1.54) is 11.8 Å². The Balaban J connectivity index is 1.56. The molecule has 2 aliphatic rings. The van der Waals surface area contributed by atoms with Crippen LogP contribution in [-0.4, -0.2) is 39.5 Å². The number of rotatable bonds is 7. The van der Waals surface area contributed by atoms with Gasteiger partial charge >= 0.3 is 11.7 Å². The van der Waals surface area contributed by atoms with Crippen LogP contribution in [0.4, 0.5) is 11.5 Å². The largest absolute Gasteiger partial charge is 0.462 e. The van der Waals surface area contributed by atoms with Crippen molar-refractivity contribution in [3.05, 3.63) is 63.3 Å². The maximum atomic E-state index is 12.5. The van der Waals surface area contributed by atoms with Crippen LogP contribution in [0.1, 0.15) is 54.1 Å². The zero-order valence-corrected chi connectivity index (χ0v) is 17.7. The van der Waals surface area contributed by atoms with Crippen molar-refractivity contribution in [2.24, 2.45) is 5.92 Å². The van der Waals surface area contributed by atoms with Gasteiger partial charge in [-0.15, -0.1) is 0 Å². The Kier molecular flexibility index (Phi) is 6.18. The summed E-state index contributed by atoms with van der Waals surface area (Å²) in [5.41, 5.74) is 7.39. The van der Waals surface area contributed by atoms with E-state index in [-0.39, 0.29) is 29.6 Å². The number of nitro groups is 1. The second-order valence-corrected chi connectivity index (χ2v) is 8.45. The van der Waals surface area contributed by atoms with Crippen LogP contribution in [0.3, 0.4) is 0 Å². The lowest BCUT2D eigenvalue weighted by molar-refractivity contribution is -0.384. The van der Waals surface area contributed by atoms with Gasteiger partial charge in [-0.2, -0.15) is 0 Å². The van der Waals surface area contributed by atoms with Crippen LogP contribution in [0.15, 0.2) is 36.5 Å². The number of aromatic nitrogens is 1. The topological polar surface area (TPSA) is 112 Å². The maximum absolute atomic E-state index is 12.5. The molecule has 8 heteroatoms. The first-order valence-corrected chi connectivity index (χ1v) is 10.9. The van der Waals surface area contributed by atoms with Crippen LogP contribution < -0.4 is 5.73 Å². The molecule has 1 aromatic carbocycles. The summed E-state index contributed by atoms with van der Waals surface area (Å²) in [4.78, 5) is 30.1. The second kappa shape index (κ2) is 9.01. The molecule has 8 nitrogen and oxygen atoms in total. The van der Waals surface area contributed by atoms with Crippen molar-refractivity contribution in [1.82, 2.24) is 9.88 Å². The van der Waals surface area contributed by atoms with E-state index in [1.54, 1.807) is 6.92 Å². The SMILES string of the molecule is CCOC(=O)c1cnc(N)c([N+](=O)[O-])c1CC1CC2CC[C@H](C1)N2Cc1ccccc1. The third-order valence-corrected chi connectivity index (χ3v) is 6.55. The first-order valence-electron chi connectivity index (χ1n) is 10.9. The first kappa shape index (κ1) is 21.2. The number of hydrogen-bond acceptors (Lipinski definition) is 7. The summed E-state index contributed by atoms with van der Waals surface area (Å²) < 4.78 is 5.12. The van der Waals surface area contributed by atoms with Crippen LogP contribution in [0.5, 0.6) is 0 Å². The minimum absolute atomic E-state index is 0.154. The number of ether oxygens (including phenoxy) is 1. The molecule has 2 fully saturated rings. The molecule has 164 valence electrons. The zero-order valence-electron chi connectivity index (χ0n) is 17.7. The monoisotopic (exact) mass is 424 g/mol. The number of benzene rings is 1. The number of fused-ring (bicyclic) bond motifs is 2. The number of hydrogen-bond donors (Lipinski definition) is 1. The number of piperidine rings is 1. The Morgan fingerprint density at radius 2 is 1.94 bits per heavy atom. The highest BCUT2D eigenvalue weighted by Crippen LogP contribution is 2.42. The van der Waals surface area contributed by atoms with Crippen LogP contribution in [0, 0.1) is 16.0 Å². The van der Waals surface area contributed by atoms with Gasteiger partial charge in [-0.3, -0.25) is 15.0 Å². The van der Waals surface area contributed by atoms with Crippen LogP contribution in [0.2, 0.25) is 0 Å². The molecule has 0 saturated carbocycles. The molecular formula is C23H28N4O4. The third-order valence-electron chi connectivity index (χ3n) is 6.55. The first-order chi connectivity index (χ1) is 15.0. The number of nitrogens with zero attached hydrogens (tertiary/aromatic N) is 3. The summed E-state index contributed by atoms with van der Waals surface area (Å²) in [6.07, 6.45) is 5.92. The molecule has 0 spiro atoms. The molecule has 1 aromatic heterocycles. The lowest BCUT2D eigenvalue weighted by Gasteiger charge is -2.39. The number of pyridine rings is 1. The Hall–Kier alpha value is -3.00. The number of carbonyl (C=O) groups excluding carboxylic acids is 1. The van der Waals surface area contributed by atoms with Crippen molar-refractivity contribution in [1.29, 1.82) is 0 Å². The van der Waals surface area contributed by atoms with Crippen LogP contribution in [-0.2, 0) is 17.7 Å². The van der Waals surface area contributed by atoms with Gasteiger partial charge in [0.05, 0.1) is 22.7 Å². The highest BCUT2D eigenvalue weighted by Gasteiger charge is 2.41. The quantitative estimate of drug-likeness (QED) is 0.409. The zero-order chi connectivity index (χ0) is 22.0. The Morgan fingerprint density at radius 3 is 2.55 bits per heavy atom. The Bertz CT molecular complexity index is 952. The molecule has 2 aromatic rings. The number of carbonyl (C=O) groups is 1. The summed E-state index contributed by atoms with van der Waals surface area (Å²) in [5.74, 6) is -0.492. The molecule has 2 N–H and O–H groups in total. The maximum Gasteiger partial charge on any atom is 0.340 e. The summed E-state index contributed by atoms with van der Waals surface area (Å²) in [5, 5.41) is 11.7. The van der Waals surface area contributed by atoms with Gasteiger partial charge in [-0.05, 0) is 50.5 Å². The van der Waals surface area contributed by atoms with E-state index in [0.717, 1.165) is 32.2 Å². The fraction of sp³-hybridized carbons (Fsp3) is 0.478. The van der Waals surface area contributed by atoms with Gasteiger partial charge in [0.15, 0.2) is 0 Å². The molecule has 2 unspecified atom stereocenters. The van der Waals surface area contributed by atoms with E-state index in [2.05, 4.69) is 34.1 Å². The van der Waals surface area contributed by atoms with Gasteiger partial charge in [0.2, 0.25) is 5.82 Å². The smallest absolute Gasteiger partial charge is 0.340 e. The van der Waals surface area contributed by atoms with Gasteiger partial charge in [0, 0.05) is 24.8 Å². The third kappa shape index (κ3) is 4.39. The predicted octanol–water partition coefficient (Wildman–Crippen LogP) is 3.73. The summed E-state index contributed by atoms with van der Waals surface area (Å²) in [6, 6.07) is 11.4. The number of anilines is 1. The summed E-state index contributed by atoms with van der Waals surface area (Å²) >= 11 is 0. The van der Waals surface area contributed by atoms with E-state index in [1.807, 2.05) is 6.07 Å². The van der Waals surface area contributed by atoms with Crippen molar-refractivity contribution in [2.45, 2.75) is 57.7 Å². The molecule has 2 bridgehead atoms. The molecule has 0 aliphatic carbocycles. The average Bonchev–Trinajstić information content (AvgIpc) is 2.97. The Labute approximate surface area is 181 Å². The molecule has 4 rings (SSSR count). The lowest BCUT2D eigenvalue weighted by Crippen LogP contribution is -2.42. The molecule has 0 amide bonds. The standard InChI is InChI=1S/C23H28N4O4/c1-2-31-23(28)20-13-25-22(24)21(27(29)30)19(20)12-16-10-17-8-9-18(11-16)26(17)14-15-6-4-3-5-7-15/h3-7,13,16-18H,2,8-12,14H2,1H3,(H2,24,25)/t16?,17-,18?/m1/s1. The normalized spacial score (nSPS) is 22.9. The fourth-order valence-electron chi connectivity index (χ4n) is 5.25. The van der Waals surface area contributed by atoms with Crippen molar-refractivity contribution < 1.29 is 14.5 Å². The van der Waals surface area contributed by atoms with Gasteiger partial charge in [0.25, 0.3) is 0 Å². The second-order valence-electron chi connectivity index (χ2n) is 8.45. The number of esters is 1. The fourth-order valence-corrected chi connectivity index (χ4v) is 5.25. The molecule has 31 heavy (non-hydrogen) atoms. The van der Waals surface area contributed by atoms with Crippen molar-refractivity contribution in [3.63, 3.8) is 0 Å². The average molecular weight is 425 g/mol. The van der Waals surface area contributed by atoms with Gasteiger partial charge < -0.3 is 10.5 Å². The number of nitrogen functional groups attached to an aromatic ring is 1. The molecule has 3 atom stereocenters. The molecule has 3 heterocycles. The molecule has 2 saturated heterocycles. The summed E-state index contributed by atoms with van der Waals surface area (Å²) in [7, 11) is 0. The summed E-state index contributed by atoms with van der Waals surface area (Å²) in [6.45, 7) is 2.83. The van der Waals surface area contributed by atoms with E-state index in [0.29, 0.717) is 24.1 Å². The number of nitrogens with two attached hydrogens (primary N) is 1. The van der Waals surface area contributed by atoms with Crippen molar-refractivity contribution in [3.8, 4) is 0 Å². The van der Waals surface area contributed by atoms with Gasteiger partial charge in [0.1, 0.15) is 0 Å². The van der Waals surface area contributed by atoms with E-state index < -0.39 is 10.9 Å². The van der Waals surface area contributed by atoms with E-state index >= 15 is 0 Å². The van der Waals surface area contributed by atoms with Gasteiger partial charge in [-0.25, -0.2) is 9.78 Å². The Morgan fingerprint density at radius 1 is 1.26 bits per heavy atom. The predicted molar refractivity (Wildman–Crippen MR) is 116 cm³/mol. The highest BCUT2D eigenvalue weighted by molar-refractivity contribution is 5.92. The minimum atomic E-state index is -0.586.